The number of rotatable bonds is 9. The first-order valence-electron chi connectivity index (χ1n) is 8.51. The predicted octanol–water partition coefficient (Wildman–Crippen LogP) is 3.21. The minimum Gasteiger partial charge on any atom is -0.492 e. The Morgan fingerprint density at radius 1 is 1.15 bits per heavy atom. The van der Waals surface area contributed by atoms with Gasteiger partial charge >= 0.3 is 0 Å². The number of aliphatic imine (C=N–C) groups is 1. The van der Waals surface area contributed by atoms with E-state index in [2.05, 4.69) is 44.1 Å². The molecular formula is C19H29IN4OS. The molecule has 0 aliphatic carbocycles. The lowest BCUT2D eigenvalue weighted by molar-refractivity contribution is 0.259. The van der Waals surface area contributed by atoms with E-state index in [-0.39, 0.29) is 24.0 Å². The highest BCUT2D eigenvalue weighted by Crippen LogP contribution is 2.17. The van der Waals surface area contributed by atoms with Gasteiger partial charge in [-0.25, -0.2) is 0 Å². The lowest BCUT2D eigenvalue weighted by Gasteiger charge is -2.16. The first kappa shape index (κ1) is 22.7. The van der Waals surface area contributed by atoms with Gasteiger partial charge in [-0.05, 0) is 38.0 Å². The van der Waals surface area contributed by atoms with Crippen LogP contribution in [0.4, 0.5) is 0 Å². The summed E-state index contributed by atoms with van der Waals surface area (Å²) < 4.78 is 5.90. The zero-order valence-electron chi connectivity index (χ0n) is 15.7. The first-order chi connectivity index (χ1) is 12.2. The number of halogens is 1. The summed E-state index contributed by atoms with van der Waals surface area (Å²) in [6, 6.07) is 12.4. The summed E-state index contributed by atoms with van der Waals surface area (Å²) >= 11 is 1.78. The Kier molecular flexibility index (Phi) is 11.3. The van der Waals surface area contributed by atoms with E-state index in [1.807, 2.05) is 32.3 Å². The summed E-state index contributed by atoms with van der Waals surface area (Å²) in [6.07, 6.45) is 1.00. The second kappa shape index (κ2) is 12.9. The fraction of sp³-hybridized carbons (Fsp3) is 0.421. The molecule has 0 aliphatic heterocycles. The lowest BCUT2D eigenvalue weighted by Crippen LogP contribution is -2.37. The molecule has 1 aromatic heterocycles. The number of nitrogens with one attached hydrogen (secondary N) is 2. The van der Waals surface area contributed by atoms with E-state index in [1.165, 1.54) is 4.88 Å². The molecule has 0 radical (unpaired) electrons. The van der Waals surface area contributed by atoms with E-state index in [1.54, 1.807) is 18.4 Å². The molecule has 0 amide bonds. The first-order valence-corrected chi connectivity index (χ1v) is 9.39. The van der Waals surface area contributed by atoms with Crippen molar-refractivity contribution < 1.29 is 4.74 Å². The molecule has 144 valence electrons. The van der Waals surface area contributed by atoms with Crippen LogP contribution in [0.15, 0.2) is 46.8 Å². The molecule has 5 nitrogen and oxygen atoms in total. The van der Waals surface area contributed by atoms with Gasteiger partial charge in [-0.3, -0.25) is 4.99 Å². The summed E-state index contributed by atoms with van der Waals surface area (Å²) in [7, 11) is 5.88. The average Bonchev–Trinajstić information content (AvgIpc) is 3.12. The maximum atomic E-state index is 5.90. The highest BCUT2D eigenvalue weighted by Gasteiger charge is 2.05. The molecule has 0 bridgehead atoms. The van der Waals surface area contributed by atoms with Crippen LogP contribution >= 0.6 is 35.3 Å². The van der Waals surface area contributed by atoms with Gasteiger partial charge in [0.05, 0.1) is 0 Å². The van der Waals surface area contributed by atoms with Crippen LogP contribution in [-0.4, -0.2) is 51.7 Å². The summed E-state index contributed by atoms with van der Waals surface area (Å²) in [5, 5.41) is 8.82. The van der Waals surface area contributed by atoms with E-state index in [9.17, 15) is 0 Å². The highest BCUT2D eigenvalue weighted by molar-refractivity contribution is 14.0. The number of nitrogens with zero attached hydrogens (tertiary/aromatic N) is 2. The van der Waals surface area contributed by atoms with Crippen molar-refractivity contribution in [1.82, 2.24) is 15.5 Å². The molecule has 2 N–H and O–H groups in total. The molecule has 1 aromatic carbocycles. The van der Waals surface area contributed by atoms with Crippen LogP contribution in [0.3, 0.4) is 0 Å². The fourth-order valence-electron chi connectivity index (χ4n) is 2.29. The molecule has 0 unspecified atom stereocenters. The number of likely N-dealkylation sites (N-methyl/N-ethyl adjacent to an activating group) is 1. The molecule has 1 heterocycles. The minimum atomic E-state index is 0. The summed E-state index contributed by atoms with van der Waals surface area (Å²) in [5.41, 5.74) is 1.13. The van der Waals surface area contributed by atoms with Gasteiger partial charge in [0, 0.05) is 37.1 Å². The third kappa shape index (κ3) is 8.37. The number of thiophene rings is 1. The number of hydrogen-bond donors (Lipinski definition) is 2. The maximum absolute atomic E-state index is 5.90. The van der Waals surface area contributed by atoms with Gasteiger partial charge < -0.3 is 20.3 Å². The highest BCUT2D eigenvalue weighted by atomic mass is 127. The molecule has 7 heteroatoms. The van der Waals surface area contributed by atoms with Crippen molar-refractivity contribution in [1.29, 1.82) is 0 Å². The predicted molar refractivity (Wildman–Crippen MR) is 122 cm³/mol. The quantitative estimate of drug-likeness (QED) is 0.324. The lowest BCUT2D eigenvalue weighted by atomic mass is 10.2. The van der Waals surface area contributed by atoms with Crippen LogP contribution in [0.1, 0.15) is 10.4 Å². The number of ether oxygens (including phenoxy) is 1. The van der Waals surface area contributed by atoms with Crippen LogP contribution in [0.2, 0.25) is 0 Å². The van der Waals surface area contributed by atoms with Crippen molar-refractivity contribution in [3.8, 4) is 5.75 Å². The fourth-order valence-corrected chi connectivity index (χ4v) is 3.00. The Morgan fingerprint density at radius 3 is 2.65 bits per heavy atom. The van der Waals surface area contributed by atoms with Crippen LogP contribution < -0.4 is 15.4 Å². The van der Waals surface area contributed by atoms with Crippen LogP contribution in [0.5, 0.6) is 5.75 Å². The van der Waals surface area contributed by atoms with Crippen molar-refractivity contribution in [2.75, 3.05) is 40.8 Å². The van der Waals surface area contributed by atoms with Crippen molar-refractivity contribution >= 4 is 41.3 Å². The Labute approximate surface area is 177 Å². The van der Waals surface area contributed by atoms with E-state index in [4.69, 9.17) is 4.74 Å². The summed E-state index contributed by atoms with van der Waals surface area (Å²) in [4.78, 5) is 7.78. The van der Waals surface area contributed by atoms with Crippen LogP contribution in [0, 0.1) is 0 Å². The zero-order chi connectivity index (χ0) is 17.9. The summed E-state index contributed by atoms with van der Waals surface area (Å²) in [5.74, 6) is 1.73. The second-order valence-corrected chi connectivity index (χ2v) is 6.97. The van der Waals surface area contributed by atoms with E-state index >= 15 is 0 Å². The normalized spacial score (nSPS) is 11.2. The Bertz CT molecular complexity index is 647. The molecular weight excluding hydrogens is 459 g/mol. The third-order valence-corrected chi connectivity index (χ3v) is 4.62. The Morgan fingerprint density at radius 2 is 1.96 bits per heavy atom. The van der Waals surface area contributed by atoms with Gasteiger partial charge in [0.25, 0.3) is 0 Å². The second-order valence-electron chi connectivity index (χ2n) is 5.94. The number of benzene rings is 1. The van der Waals surface area contributed by atoms with Gasteiger partial charge in [-0.2, -0.15) is 0 Å². The number of guanidine groups is 1. The summed E-state index contributed by atoms with van der Waals surface area (Å²) in [6.45, 7) is 3.11. The van der Waals surface area contributed by atoms with E-state index in [0.29, 0.717) is 13.2 Å². The van der Waals surface area contributed by atoms with Crippen molar-refractivity contribution in [2.24, 2.45) is 4.99 Å². The minimum absolute atomic E-state index is 0. The van der Waals surface area contributed by atoms with Gasteiger partial charge in [-0.1, -0.05) is 24.3 Å². The average molecular weight is 488 g/mol. The van der Waals surface area contributed by atoms with Gasteiger partial charge in [0.2, 0.25) is 0 Å². The molecule has 2 aromatic rings. The van der Waals surface area contributed by atoms with Crippen molar-refractivity contribution in [2.45, 2.75) is 13.0 Å². The molecule has 26 heavy (non-hydrogen) atoms. The number of para-hydroxylation sites is 1. The molecule has 0 fully saturated rings. The molecule has 0 saturated heterocycles. The Balaban J connectivity index is 0.00000338. The standard InChI is InChI=1S/C19H28N4OS.HI/c1-20-19(21-11-10-17-8-6-14-25-17)22-15-16-7-4-5-9-18(16)24-13-12-23(2)3;/h4-9,14H,10-13,15H2,1-3H3,(H2,20,21,22);1H. The monoisotopic (exact) mass is 488 g/mol. The largest absolute Gasteiger partial charge is 0.492 e. The topological polar surface area (TPSA) is 48.9 Å². The van der Waals surface area contributed by atoms with Gasteiger partial charge in [0.15, 0.2) is 5.96 Å². The Hall–Kier alpha value is -1.32. The third-order valence-electron chi connectivity index (χ3n) is 3.68. The van der Waals surface area contributed by atoms with E-state index < -0.39 is 0 Å². The van der Waals surface area contributed by atoms with Crippen molar-refractivity contribution in [3.05, 3.63) is 52.2 Å². The molecule has 0 saturated carbocycles. The molecule has 2 rings (SSSR count). The van der Waals surface area contributed by atoms with Gasteiger partial charge in [-0.15, -0.1) is 35.3 Å². The van der Waals surface area contributed by atoms with Crippen LogP contribution in [-0.2, 0) is 13.0 Å². The smallest absolute Gasteiger partial charge is 0.191 e. The molecule has 0 spiro atoms. The zero-order valence-corrected chi connectivity index (χ0v) is 18.8. The van der Waals surface area contributed by atoms with E-state index in [0.717, 1.165) is 36.8 Å². The maximum Gasteiger partial charge on any atom is 0.191 e. The molecule has 0 atom stereocenters. The van der Waals surface area contributed by atoms with Gasteiger partial charge in [0.1, 0.15) is 12.4 Å². The number of hydrogen-bond acceptors (Lipinski definition) is 4. The van der Waals surface area contributed by atoms with Crippen molar-refractivity contribution in [3.63, 3.8) is 0 Å². The SMILES string of the molecule is CN=C(NCCc1cccs1)NCc1ccccc1OCCN(C)C.I. The molecule has 0 aliphatic rings. The van der Waals surface area contributed by atoms with Crippen LogP contribution in [0.25, 0.3) is 0 Å².